The van der Waals surface area contributed by atoms with Crippen molar-refractivity contribution in [2.24, 2.45) is 0 Å². The second kappa shape index (κ2) is 7.37. The maximum atomic E-state index is 13.5. The number of likely N-dealkylation sites (tertiary alicyclic amines) is 1. The van der Waals surface area contributed by atoms with E-state index in [1.807, 2.05) is 36.4 Å². The molecule has 0 saturated carbocycles. The Morgan fingerprint density at radius 3 is 2.48 bits per heavy atom. The highest BCUT2D eigenvalue weighted by atomic mass is 35.5. The number of urea groups is 2. The van der Waals surface area contributed by atoms with Gasteiger partial charge in [0.2, 0.25) is 0 Å². The van der Waals surface area contributed by atoms with Crippen molar-refractivity contribution in [2.45, 2.75) is 24.5 Å². The third-order valence-electron chi connectivity index (χ3n) is 6.65. The predicted molar refractivity (Wildman–Crippen MR) is 127 cm³/mol. The van der Waals surface area contributed by atoms with E-state index >= 15 is 0 Å². The van der Waals surface area contributed by atoms with Crippen LogP contribution >= 0.6 is 23.2 Å². The molecule has 5 amide bonds. The number of hydrogen-bond acceptors (Lipinski definition) is 3. The zero-order chi connectivity index (χ0) is 22.9. The van der Waals surface area contributed by atoms with Crippen molar-refractivity contribution in [2.75, 3.05) is 16.8 Å². The monoisotopic (exact) mass is 480 g/mol. The minimum Gasteiger partial charge on any atom is -0.317 e. The summed E-state index contributed by atoms with van der Waals surface area (Å²) < 4.78 is 0. The van der Waals surface area contributed by atoms with Gasteiger partial charge in [0.1, 0.15) is 6.04 Å². The quantitative estimate of drug-likeness (QED) is 0.526. The molecule has 3 heterocycles. The van der Waals surface area contributed by atoms with Crippen LogP contribution in [0.15, 0.2) is 60.7 Å². The Bertz CT molecular complexity index is 1320. The van der Waals surface area contributed by atoms with Gasteiger partial charge in [0.15, 0.2) is 0 Å². The van der Waals surface area contributed by atoms with E-state index in [-0.39, 0.29) is 30.1 Å². The van der Waals surface area contributed by atoms with Crippen LogP contribution in [0.3, 0.4) is 0 Å². The summed E-state index contributed by atoms with van der Waals surface area (Å²) in [5, 5.41) is 5.42. The molecule has 166 valence electrons. The Balaban J connectivity index is 1.29. The van der Waals surface area contributed by atoms with Gasteiger partial charge in [0.25, 0.3) is 5.91 Å². The Labute approximate surface area is 199 Å². The van der Waals surface area contributed by atoms with Crippen LogP contribution in [0, 0.1) is 0 Å². The zero-order valence-electron chi connectivity index (χ0n) is 17.2. The molecule has 3 fully saturated rings. The lowest BCUT2D eigenvalue weighted by Crippen LogP contribution is -2.55. The van der Waals surface area contributed by atoms with Crippen molar-refractivity contribution in [3.8, 4) is 0 Å². The molecule has 3 aliphatic rings. The van der Waals surface area contributed by atoms with E-state index in [9.17, 15) is 14.4 Å². The molecule has 3 aliphatic heterocycles. The van der Waals surface area contributed by atoms with Crippen molar-refractivity contribution in [3.63, 3.8) is 0 Å². The molecule has 2 bridgehead atoms. The van der Waals surface area contributed by atoms with Crippen molar-refractivity contribution in [3.05, 3.63) is 70.7 Å². The van der Waals surface area contributed by atoms with Gasteiger partial charge in [-0.3, -0.25) is 4.79 Å². The summed E-state index contributed by atoms with van der Waals surface area (Å²) >= 11 is 12.1. The molecule has 7 nitrogen and oxygen atoms in total. The van der Waals surface area contributed by atoms with Crippen LogP contribution in [0.4, 0.5) is 21.0 Å². The SMILES string of the molecule is O=C1[C@H]2C3CC(CN3C(=O)Nc3cc(Cl)cc(Cl)c3)N2C(=O)N1c1cccc2ccccc12. The molecular weight excluding hydrogens is 463 g/mol. The summed E-state index contributed by atoms with van der Waals surface area (Å²) in [6.45, 7) is 0.365. The molecule has 0 radical (unpaired) electrons. The number of nitrogens with one attached hydrogen (secondary N) is 1. The van der Waals surface area contributed by atoms with Crippen LogP contribution in [-0.4, -0.2) is 52.4 Å². The van der Waals surface area contributed by atoms with E-state index in [1.165, 1.54) is 4.90 Å². The summed E-state index contributed by atoms with van der Waals surface area (Å²) in [4.78, 5) is 44.5. The molecular formula is C24H18Cl2N4O3. The van der Waals surface area contributed by atoms with Crippen molar-refractivity contribution >= 4 is 63.3 Å². The maximum absolute atomic E-state index is 13.5. The zero-order valence-corrected chi connectivity index (χ0v) is 18.8. The molecule has 0 aromatic heterocycles. The van der Waals surface area contributed by atoms with Gasteiger partial charge in [-0.25, -0.2) is 14.5 Å². The molecule has 3 saturated heterocycles. The van der Waals surface area contributed by atoms with Gasteiger partial charge < -0.3 is 15.1 Å². The summed E-state index contributed by atoms with van der Waals surface area (Å²) in [7, 11) is 0. The molecule has 6 rings (SSSR count). The first-order chi connectivity index (χ1) is 15.9. The Morgan fingerprint density at radius 2 is 1.70 bits per heavy atom. The average Bonchev–Trinajstić information content (AvgIpc) is 3.44. The standard InChI is InChI=1S/C24H18Cl2N4O3/c25-14-8-15(26)10-16(9-14)27-23(32)28-12-17-11-20(28)21-22(31)30(24(33)29(17)21)19-7-3-5-13-4-1-2-6-18(13)19/h1-10,17,20-21H,11-12H2,(H,27,32)/t17?,20?,21-/m1/s1. The van der Waals surface area contributed by atoms with Gasteiger partial charge >= 0.3 is 12.1 Å². The topological polar surface area (TPSA) is 73.0 Å². The summed E-state index contributed by atoms with van der Waals surface area (Å²) in [5.74, 6) is -0.299. The lowest BCUT2D eigenvalue weighted by atomic mass is 10.1. The second-order valence-corrected chi connectivity index (χ2v) is 9.38. The first kappa shape index (κ1) is 20.3. The third kappa shape index (κ3) is 3.07. The fraction of sp³-hybridized carbons (Fsp3) is 0.208. The smallest absolute Gasteiger partial charge is 0.317 e. The number of anilines is 2. The number of carbonyl (C=O) groups excluding carboxylic acids is 3. The number of nitrogens with zero attached hydrogens (tertiary/aromatic N) is 3. The summed E-state index contributed by atoms with van der Waals surface area (Å²) in [6.07, 6.45) is 0.579. The molecule has 2 unspecified atom stereocenters. The van der Waals surface area contributed by atoms with Crippen LogP contribution in [-0.2, 0) is 4.79 Å². The van der Waals surface area contributed by atoms with Crippen molar-refractivity contribution < 1.29 is 14.4 Å². The Kier molecular flexibility index (Phi) is 4.54. The number of hydrogen-bond donors (Lipinski definition) is 1. The fourth-order valence-electron chi connectivity index (χ4n) is 5.34. The van der Waals surface area contributed by atoms with E-state index < -0.39 is 6.04 Å². The van der Waals surface area contributed by atoms with Crippen LogP contribution in [0.25, 0.3) is 10.8 Å². The lowest BCUT2D eigenvalue weighted by molar-refractivity contribution is -0.120. The van der Waals surface area contributed by atoms with Crippen LogP contribution in [0.2, 0.25) is 10.0 Å². The first-order valence-corrected chi connectivity index (χ1v) is 11.4. The molecule has 3 atom stereocenters. The number of rotatable bonds is 2. The van der Waals surface area contributed by atoms with Gasteiger partial charge in [0.05, 0.1) is 17.8 Å². The van der Waals surface area contributed by atoms with E-state index in [4.69, 9.17) is 23.2 Å². The highest BCUT2D eigenvalue weighted by Gasteiger charge is 2.63. The molecule has 0 spiro atoms. The molecule has 3 aromatic rings. The van der Waals surface area contributed by atoms with E-state index in [2.05, 4.69) is 5.32 Å². The Hall–Kier alpha value is -3.29. The second-order valence-electron chi connectivity index (χ2n) is 8.50. The van der Waals surface area contributed by atoms with Gasteiger partial charge in [-0.2, -0.15) is 0 Å². The molecule has 9 heteroatoms. The number of carbonyl (C=O) groups is 3. The van der Waals surface area contributed by atoms with Gasteiger partial charge in [-0.15, -0.1) is 0 Å². The van der Waals surface area contributed by atoms with E-state index in [0.717, 1.165) is 10.8 Å². The highest BCUT2D eigenvalue weighted by molar-refractivity contribution is 6.35. The third-order valence-corrected chi connectivity index (χ3v) is 7.08. The van der Waals surface area contributed by atoms with Gasteiger partial charge in [-0.1, -0.05) is 59.6 Å². The summed E-state index contributed by atoms with van der Waals surface area (Å²) in [6, 6.07) is 16.1. The predicted octanol–water partition coefficient (Wildman–Crippen LogP) is 4.97. The fourth-order valence-corrected chi connectivity index (χ4v) is 5.86. The minimum absolute atomic E-state index is 0.204. The van der Waals surface area contributed by atoms with Crippen LogP contribution in [0.5, 0.6) is 0 Å². The number of imide groups is 1. The van der Waals surface area contributed by atoms with Crippen LogP contribution < -0.4 is 10.2 Å². The first-order valence-electron chi connectivity index (χ1n) is 10.6. The molecule has 0 aliphatic carbocycles. The Morgan fingerprint density at radius 1 is 0.970 bits per heavy atom. The van der Waals surface area contributed by atoms with E-state index in [0.29, 0.717) is 34.4 Å². The number of piperazine rings is 1. The average molecular weight is 481 g/mol. The normalized spacial score (nSPS) is 23.6. The largest absolute Gasteiger partial charge is 0.332 e. The lowest BCUT2D eigenvalue weighted by Gasteiger charge is -2.34. The van der Waals surface area contributed by atoms with Gasteiger partial charge in [0, 0.05) is 27.7 Å². The molecule has 1 N–H and O–H groups in total. The van der Waals surface area contributed by atoms with Gasteiger partial charge in [-0.05, 0) is 36.1 Å². The van der Waals surface area contributed by atoms with E-state index in [1.54, 1.807) is 34.1 Å². The number of benzene rings is 3. The minimum atomic E-state index is -0.691. The van der Waals surface area contributed by atoms with Crippen molar-refractivity contribution in [1.82, 2.24) is 9.80 Å². The van der Waals surface area contributed by atoms with Crippen molar-refractivity contribution in [1.29, 1.82) is 0 Å². The highest BCUT2D eigenvalue weighted by Crippen LogP contribution is 2.43. The maximum Gasteiger partial charge on any atom is 0.332 e. The molecule has 33 heavy (non-hydrogen) atoms. The summed E-state index contributed by atoms with van der Waals surface area (Å²) in [5.41, 5.74) is 1.05. The number of halogens is 2. The number of fused-ring (bicyclic) bond motifs is 6. The van der Waals surface area contributed by atoms with Crippen LogP contribution in [0.1, 0.15) is 6.42 Å². The number of amides is 5. The molecule has 3 aromatic carbocycles.